The zero-order valence-corrected chi connectivity index (χ0v) is 9.67. The number of rotatable bonds is 3. The van der Waals surface area contributed by atoms with E-state index < -0.39 is 5.97 Å². The van der Waals surface area contributed by atoms with Gasteiger partial charge >= 0.3 is 5.97 Å². The molecule has 0 amide bonds. The van der Waals surface area contributed by atoms with Crippen molar-refractivity contribution in [3.8, 4) is 5.19 Å². The number of methoxy groups -OCH3 is 1. The number of hydrogen-bond acceptors (Lipinski definition) is 4. The molecule has 1 aromatic heterocycles. The summed E-state index contributed by atoms with van der Waals surface area (Å²) in [6.07, 6.45) is 1.72. The fourth-order valence-electron chi connectivity index (χ4n) is 2.14. The first-order valence-corrected chi connectivity index (χ1v) is 5.52. The molecule has 0 radical (unpaired) electrons. The second-order valence-electron chi connectivity index (χ2n) is 4.35. The minimum Gasteiger partial charge on any atom is -0.481 e. The first-order chi connectivity index (χ1) is 6.98. The predicted molar refractivity (Wildman–Crippen MR) is 56.3 cm³/mol. The first-order valence-electron chi connectivity index (χ1n) is 4.71. The van der Waals surface area contributed by atoms with Crippen LogP contribution in [0.15, 0.2) is 6.20 Å². The minimum absolute atomic E-state index is 0.0800. The lowest BCUT2D eigenvalue weighted by Crippen LogP contribution is -2.02. The highest BCUT2D eigenvalue weighted by Crippen LogP contribution is 2.65. The molecule has 1 fully saturated rings. The summed E-state index contributed by atoms with van der Waals surface area (Å²) < 4.78 is 5.00. The molecule has 1 aliphatic carbocycles. The van der Waals surface area contributed by atoms with Crippen molar-refractivity contribution in [3.63, 3.8) is 0 Å². The van der Waals surface area contributed by atoms with Gasteiger partial charge in [-0.2, -0.15) is 0 Å². The molecule has 0 aliphatic heterocycles. The molecular formula is C10H13NO3S. The van der Waals surface area contributed by atoms with Gasteiger partial charge in [-0.25, -0.2) is 4.98 Å². The molecule has 1 N–H and O–H groups in total. The van der Waals surface area contributed by atoms with Crippen molar-refractivity contribution in [2.45, 2.75) is 19.8 Å². The summed E-state index contributed by atoms with van der Waals surface area (Å²) in [5.74, 6) is -0.934. The first kappa shape index (κ1) is 10.4. The van der Waals surface area contributed by atoms with Crippen molar-refractivity contribution < 1.29 is 14.6 Å². The third-order valence-corrected chi connectivity index (χ3v) is 4.12. The highest BCUT2D eigenvalue weighted by Gasteiger charge is 2.63. The van der Waals surface area contributed by atoms with Gasteiger partial charge in [0.25, 0.3) is 5.19 Å². The second kappa shape index (κ2) is 3.20. The molecule has 0 bridgehead atoms. The molecule has 15 heavy (non-hydrogen) atoms. The maximum atomic E-state index is 11.0. The van der Waals surface area contributed by atoms with Crippen LogP contribution in [0.1, 0.15) is 24.6 Å². The number of thiazole rings is 1. The van der Waals surface area contributed by atoms with Gasteiger partial charge < -0.3 is 9.84 Å². The minimum atomic E-state index is -0.725. The summed E-state index contributed by atoms with van der Waals surface area (Å²) >= 11 is 1.43. The number of carbonyl (C=O) groups is 1. The fourth-order valence-corrected chi connectivity index (χ4v) is 3.20. The van der Waals surface area contributed by atoms with Gasteiger partial charge in [-0.3, -0.25) is 4.79 Å². The molecule has 0 saturated heterocycles. The number of aliphatic carboxylic acids is 1. The highest BCUT2D eigenvalue weighted by molar-refractivity contribution is 7.13. The lowest BCUT2D eigenvalue weighted by molar-refractivity contribution is -0.139. The maximum Gasteiger partial charge on any atom is 0.307 e. The van der Waals surface area contributed by atoms with Crippen LogP contribution in [0.4, 0.5) is 0 Å². The van der Waals surface area contributed by atoms with Crippen molar-refractivity contribution in [1.82, 2.24) is 4.98 Å². The van der Waals surface area contributed by atoms with Crippen molar-refractivity contribution in [1.29, 1.82) is 0 Å². The average molecular weight is 227 g/mol. The van der Waals surface area contributed by atoms with Crippen LogP contribution in [0.5, 0.6) is 5.19 Å². The number of aromatic nitrogens is 1. The molecule has 2 unspecified atom stereocenters. The number of hydrogen-bond donors (Lipinski definition) is 1. The molecule has 2 atom stereocenters. The Hall–Kier alpha value is -1.10. The maximum absolute atomic E-state index is 11.0. The molecule has 1 heterocycles. The van der Waals surface area contributed by atoms with Crippen LogP contribution in [0, 0.1) is 11.3 Å². The monoisotopic (exact) mass is 227 g/mol. The van der Waals surface area contributed by atoms with Gasteiger partial charge in [0.15, 0.2) is 0 Å². The van der Waals surface area contributed by atoms with E-state index in [-0.39, 0.29) is 17.3 Å². The van der Waals surface area contributed by atoms with Crippen LogP contribution in [-0.2, 0) is 4.79 Å². The Morgan fingerprint density at radius 2 is 2.33 bits per heavy atom. The molecule has 0 aromatic carbocycles. The lowest BCUT2D eigenvalue weighted by atomic mass is 10.1. The number of ether oxygens (including phenoxy) is 1. The highest BCUT2D eigenvalue weighted by atomic mass is 32.1. The fraction of sp³-hybridized carbons (Fsp3) is 0.600. The third-order valence-electron chi connectivity index (χ3n) is 3.08. The van der Waals surface area contributed by atoms with E-state index in [0.29, 0.717) is 5.19 Å². The van der Waals surface area contributed by atoms with Crippen molar-refractivity contribution in [2.24, 2.45) is 11.3 Å². The third kappa shape index (κ3) is 1.51. The largest absolute Gasteiger partial charge is 0.481 e. The van der Waals surface area contributed by atoms with E-state index in [2.05, 4.69) is 4.98 Å². The zero-order valence-electron chi connectivity index (χ0n) is 8.85. The Balaban J connectivity index is 2.23. The summed E-state index contributed by atoms with van der Waals surface area (Å²) in [6, 6.07) is 0. The Bertz CT molecular complexity index is 399. The van der Waals surface area contributed by atoms with Crippen LogP contribution in [0.25, 0.3) is 0 Å². The van der Waals surface area contributed by atoms with Gasteiger partial charge in [-0.15, -0.1) is 0 Å². The van der Waals surface area contributed by atoms with Crippen LogP contribution in [0.3, 0.4) is 0 Å². The normalized spacial score (nSPS) is 27.4. The predicted octanol–water partition coefficient (Wildman–Crippen LogP) is 1.98. The summed E-state index contributed by atoms with van der Waals surface area (Å²) in [4.78, 5) is 16.1. The van der Waals surface area contributed by atoms with Crippen molar-refractivity contribution >= 4 is 17.3 Å². The van der Waals surface area contributed by atoms with Gasteiger partial charge in [0.2, 0.25) is 0 Å². The van der Waals surface area contributed by atoms with Gasteiger partial charge in [0.1, 0.15) is 0 Å². The van der Waals surface area contributed by atoms with E-state index in [1.807, 2.05) is 13.8 Å². The van der Waals surface area contributed by atoms with E-state index in [9.17, 15) is 4.79 Å². The molecule has 1 aliphatic rings. The van der Waals surface area contributed by atoms with Crippen molar-refractivity contribution in [2.75, 3.05) is 7.11 Å². The molecule has 82 valence electrons. The van der Waals surface area contributed by atoms with Crippen molar-refractivity contribution in [3.05, 3.63) is 11.1 Å². The summed E-state index contributed by atoms with van der Waals surface area (Å²) in [6.45, 7) is 3.95. The van der Waals surface area contributed by atoms with Gasteiger partial charge in [0, 0.05) is 17.0 Å². The van der Waals surface area contributed by atoms with Gasteiger partial charge in [0.05, 0.1) is 13.0 Å². The standard InChI is InChI=1S/C10H13NO3S/c1-10(2)6(7(10)8(12)13)5-4-11-9(14-3)15-5/h4,6-7H,1-3H3,(H,12,13). The van der Waals surface area contributed by atoms with Crippen LogP contribution < -0.4 is 4.74 Å². The van der Waals surface area contributed by atoms with Gasteiger partial charge in [-0.05, 0) is 5.41 Å². The molecule has 1 saturated carbocycles. The molecule has 4 nitrogen and oxygen atoms in total. The Kier molecular flexibility index (Phi) is 2.22. The summed E-state index contributed by atoms with van der Waals surface area (Å²) in [5.41, 5.74) is -0.163. The Labute approximate surface area is 91.9 Å². The van der Waals surface area contributed by atoms with E-state index in [1.54, 1.807) is 13.3 Å². The average Bonchev–Trinajstić information content (AvgIpc) is 2.59. The van der Waals surface area contributed by atoms with Crippen LogP contribution in [0.2, 0.25) is 0 Å². The van der Waals surface area contributed by atoms with E-state index >= 15 is 0 Å². The Morgan fingerprint density at radius 3 is 2.73 bits per heavy atom. The summed E-state index contributed by atoms with van der Waals surface area (Å²) in [5, 5.41) is 9.63. The molecular weight excluding hydrogens is 214 g/mol. The number of carboxylic acids is 1. The van der Waals surface area contributed by atoms with Crippen LogP contribution in [-0.4, -0.2) is 23.2 Å². The molecule has 2 rings (SSSR count). The smallest absolute Gasteiger partial charge is 0.307 e. The molecule has 5 heteroatoms. The lowest BCUT2D eigenvalue weighted by Gasteiger charge is -1.97. The Morgan fingerprint density at radius 1 is 1.67 bits per heavy atom. The van der Waals surface area contributed by atoms with E-state index in [1.165, 1.54) is 11.3 Å². The number of nitrogens with zero attached hydrogens (tertiary/aromatic N) is 1. The second-order valence-corrected chi connectivity index (χ2v) is 5.37. The summed E-state index contributed by atoms with van der Waals surface area (Å²) in [7, 11) is 1.56. The quantitative estimate of drug-likeness (QED) is 0.857. The van der Waals surface area contributed by atoms with Crippen LogP contribution >= 0.6 is 11.3 Å². The topological polar surface area (TPSA) is 59.4 Å². The molecule has 1 aromatic rings. The van der Waals surface area contributed by atoms with E-state index in [4.69, 9.17) is 9.84 Å². The SMILES string of the molecule is COc1ncc(C2C(C(=O)O)C2(C)C)s1. The number of carboxylic acid groups (broad SMARTS) is 1. The molecule has 0 spiro atoms. The van der Waals surface area contributed by atoms with Gasteiger partial charge in [-0.1, -0.05) is 25.2 Å². The zero-order chi connectivity index (χ0) is 11.2. The van der Waals surface area contributed by atoms with E-state index in [0.717, 1.165) is 4.88 Å².